The van der Waals surface area contributed by atoms with Crippen molar-refractivity contribution in [3.63, 3.8) is 0 Å². The first kappa shape index (κ1) is 16.6. The van der Waals surface area contributed by atoms with Crippen LogP contribution in [-0.4, -0.2) is 45.5 Å². The first-order valence-corrected chi connectivity index (χ1v) is 8.78. The lowest BCUT2D eigenvalue weighted by Crippen LogP contribution is -2.31. The topological polar surface area (TPSA) is 106 Å². The molecule has 3 heterocycles. The van der Waals surface area contributed by atoms with Gasteiger partial charge < -0.3 is 10.2 Å². The number of nitro benzene ring substituents is 1. The molecule has 0 unspecified atom stereocenters. The Hall–Kier alpha value is -2.81. The molecule has 1 fully saturated rings. The fourth-order valence-electron chi connectivity index (χ4n) is 3.76. The maximum Gasteiger partial charge on any atom is 0.280 e. The highest BCUT2D eigenvalue weighted by Gasteiger charge is 2.31. The van der Waals surface area contributed by atoms with Crippen LogP contribution in [0.3, 0.4) is 0 Å². The predicted octanol–water partition coefficient (Wildman–Crippen LogP) is 1.62. The molecular formula is C17H20N6O3. The molecule has 1 aromatic heterocycles. The van der Waals surface area contributed by atoms with Crippen LogP contribution in [0, 0.1) is 17.0 Å². The second kappa shape index (κ2) is 6.49. The summed E-state index contributed by atoms with van der Waals surface area (Å²) in [5, 5.41) is 22.7. The van der Waals surface area contributed by atoms with Crippen molar-refractivity contribution in [2.75, 3.05) is 24.5 Å². The van der Waals surface area contributed by atoms with E-state index >= 15 is 0 Å². The molecule has 4 rings (SSSR count). The van der Waals surface area contributed by atoms with Crippen molar-refractivity contribution in [2.24, 2.45) is 0 Å². The van der Waals surface area contributed by atoms with Gasteiger partial charge in [-0.2, -0.15) is 0 Å². The number of hydrogen-bond acceptors (Lipinski definition) is 6. The molecule has 0 aliphatic carbocycles. The van der Waals surface area contributed by atoms with Gasteiger partial charge in [0, 0.05) is 18.7 Å². The van der Waals surface area contributed by atoms with Crippen molar-refractivity contribution in [1.82, 2.24) is 20.3 Å². The summed E-state index contributed by atoms with van der Waals surface area (Å²) < 4.78 is 1.85. The fraction of sp³-hybridized carbons (Fsp3) is 0.471. The maximum atomic E-state index is 13.0. The van der Waals surface area contributed by atoms with Crippen molar-refractivity contribution in [3.05, 3.63) is 45.3 Å². The highest BCUT2D eigenvalue weighted by Crippen LogP contribution is 2.33. The molecule has 9 heteroatoms. The molecular weight excluding hydrogens is 336 g/mol. The third-order valence-corrected chi connectivity index (χ3v) is 5.20. The smallest absolute Gasteiger partial charge is 0.280 e. The number of non-ortho nitro benzene ring substituents is 1. The molecule has 1 saturated heterocycles. The number of nitrogens with zero attached hydrogens (tertiary/aromatic N) is 5. The second-order valence-electron chi connectivity index (χ2n) is 6.73. The normalized spacial score (nSPS) is 17.3. The standard InChI is InChI=1S/C17H20N6O3/c1-11-16(19-20-22(11)13-4-7-18-8-5-13)17(24)21-9-6-12-2-3-14(23(25)26)10-15(12)21/h2-3,10,13,18H,4-9H2,1H3. The molecule has 2 aromatic rings. The molecule has 2 aliphatic rings. The monoisotopic (exact) mass is 356 g/mol. The van der Waals surface area contributed by atoms with Crippen LogP contribution in [0.1, 0.15) is 40.6 Å². The molecule has 0 radical (unpaired) electrons. The van der Waals surface area contributed by atoms with E-state index in [-0.39, 0.29) is 17.6 Å². The third kappa shape index (κ3) is 2.74. The van der Waals surface area contributed by atoms with E-state index in [2.05, 4.69) is 15.6 Å². The molecule has 26 heavy (non-hydrogen) atoms. The summed E-state index contributed by atoms with van der Waals surface area (Å²) in [6.45, 7) is 4.21. The first-order valence-electron chi connectivity index (χ1n) is 8.78. The van der Waals surface area contributed by atoms with E-state index in [4.69, 9.17) is 0 Å². The van der Waals surface area contributed by atoms with Crippen LogP contribution in [0.4, 0.5) is 11.4 Å². The minimum Gasteiger partial charge on any atom is -0.317 e. The number of nitrogens with one attached hydrogen (secondary N) is 1. The molecule has 0 bridgehead atoms. The first-order chi connectivity index (χ1) is 12.6. The number of nitro groups is 1. The van der Waals surface area contributed by atoms with Gasteiger partial charge in [-0.1, -0.05) is 11.3 Å². The van der Waals surface area contributed by atoms with Crippen LogP contribution < -0.4 is 10.2 Å². The number of hydrogen-bond donors (Lipinski definition) is 1. The van der Waals surface area contributed by atoms with Gasteiger partial charge in [0.05, 0.1) is 22.3 Å². The van der Waals surface area contributed by atoms with Crippen molar-refractivity contribution >= 4 is 17.3 Å². The predicted molar refractivity (Wildman–Crippen MR) is 94.4 cm³/mol. The summed E-state index contributed by atoms with van der Waals surface area (Å²) in [4.78, 5) is 25.2. The average Bonchev–Trinajstić information content (AvgIpc) is 3.25. The van der Waals surface area contributed by atoms with Gasteiger partial charge in [0.2, 0.25) is 0 Å². The largest absolute Gasteiger partial charge is 0.317 e. The summed E-state index contributed by atoms with van der Waals surface area (Å²) in [6.07, 6.45) is 2.59. The second-order valence-corrected chi connectivity index (χ2v) is 6.73. The van der Waals surface area contributed by atoms with Gasteiger partial charge in [0.25, 0.3) is 11.6 Å². The number of aromatic nitrogens is 3. The van der Waals surface area contributed by atoms with Crippen molar-refractivity contribution in [3.8, 4) is 0 Å². The molecule has 0 atom stereocenters. The quantitative estimate of drug-likeness (QED) is 0.662. The molecule has 136 valence electrons. The summed E-state index contributed by atoms with van der Waals surface area (Å²) >= 11 is 0. The lowest BCUT2D eigenvalue weighted by Gasteiger charge is -2.23. The van der Waals surface area contributed by atoms with Crippen LogP contribution in [-0.2, 0) is 6.42 Å². The molecule has 1 aromatic carbocycles. The van der Waals surface area contributed by atoms with E-state index in [1.165, 1.54) is 12.1 Å². The number of benzene rings is 1. The van der Waals surface area contributed by atoms with Crippen molar-refractivity contribution in [1.29, 1.82) is 0 Å². The van der Waals surface area contributed by atoms with Crippen molar-refractivity contribution < 1.29 is 9.72 Å². The number of carbonyl (C=O) groups excluding carboxylic acids is 1. The van der Waals surface area contributed by atoms with Crippen LogP contribution in [0.5, 0.6) is 0 Å². The van der Waals surface area contributed by atoms with Gasteiger partial charge in [-0.15, -0.1) is 5.10 Å². The lowest BCUT2D eigenvalue weighted by atomic mass is 10.1. The third-order valence-electron chi connectivity index (χ3n) is 5.20. The maximum absolute atomic E-state index is 13.0. The average molecular weight is 356 g/mol. The zero-order valence-electron chi connectivity index (χ0n) is 14.5. The molecule has 0 spiro atoms. The number of amides is 1. The Morgan fingerprint density at radius 1 is 1.35 bits per heavy atom. The van der Waals surface area contributed by atoms with E-state index in [1.807, 2.05) is 11.6 Å². The van der Waals surface area contributed by atoms with E-state index < -0.39 is 4.92 Å². The van der Waals surface area contributed by atoms with Gasteiger partial charge in [-0.05, 0) is 44.8 Å². The number of piperidine rings is 1. The minimum absolute atomic E-state index is 0.0152. The van der Waals surface area contributed by atoms with Gasteiger partial charge in [0.1, 0.15) is 0 Å². The van der Waals surface area contributed by atoms with Crippen LogP contribution in [0.15, 0.2) is 18.2 Å². The Balaban J connectivity index is 1.63. The molecule has 2 aliphatic heterocycles. The zero-order valence-corrected chi connectivity index (χ0v) is 14.5. The fourth-order valence-corrected chi connectivity index (χ4v) is 3.76. The minimum atomic E-state index is -0.445. The summed E-state index contributed by atoms with van der Waals surface area (Å²) in [5.41, 5.74) is 2.59. The number of carbonyl (C=O) groups is 1. The lowest BCUT2D eigenvalue weighted by molar-refractivity contribution is -0.384. The number of anilines is 1. The Kier molecular flexibility index (Phi) is 4.15. The number of rotatable bonds is 3. The van der Waals surface area contributed by atoms with E-state index in [1.54, 1.807) is 11.0 Å². The Morgan fingerprint density at radius 2 is 2.12 bits per heavy atom. The molecule has 9 nitrogen and oxygen atoms in total. The SMILES string of the molecule is Cc1c(C(=O)N2CCc3ccc([N+](=O)[O-])cc32)nnn1C1CCNCC1. The van der Waals surface area contributed by atoms with E-state index in [0.29, 0.717) is 24.3 Å². The van der Waals surface area contributed by atoms with Gasteiger partial charge >= 0.3 is 0 Å². The Bertz CT molecular complexity index is 871. The van der Waals surface area contributed by atoms with Gasteiger partial charge in [-0.3, -0.25) is 14.9 Å². The Labute approximate surface area is 150 Å². The molecule has 0 saturated carbocycles. The highest BCUT2D eigenvalue weighted by molar-refractivity contribution is 6.06. The van der Waals surface area contributed by atoms with E-state index in [9.17, 15) is 14.9 Å². The number of fused-ring (bicyclic) bond motifs is 1. The van der Waals surface area contributed by atoms with Gasteiger partial charge in [-0.25, -0.2) is 4.68 Å². The Morgan fingerprint density at radius 3 is 2.85 bits per heavy atom. The van der Waals surface area contributed by atoms with Gasteiger partial charge in [0.15, 0.2) is 5.69 Å². The highest BCUT2D eigenvalue weighted by atomic mass is 16.6. The summed E-state index contributed by atoms with van der Waals surface area (Å²) in [6, 6.07) is 4.91. The van der Waals surface area contributed by atoms with Crippen molar-refractivity contribution in [2.45, 2.75) is 32.2 Å². The summed E-state index contributed by atoms with van der Waals surface area (Å²) in [7, 11) is 0. The van der Waals surface area contributed by atoms with Crippen LogP contribution >= 0.6 is 0 Å². The van der Waals surface area contributed by atoms with E-state index in [0.717, 1.165) is 37.2 Å². The summed E-state index contributed by atoms with van der Waals surface area (Å²) in [5.74, 6) is -0.248. The van der Waals surface area contributed by atoms with Crippen LogP contribution in [0.2, 0.25) is 0 Å². The zero-order chi connectivity index (χ0) is 18.3. The van der Waals surface area contributed by atoms with Crippen LogP contribution in [0.25, 0.3) is 0 Å². The molecule has 1 amide bonds. The molecule has 1 N–H and O–H groups in total.